The Kier molecular flexibility index (Phi) is 3.84. The van der Waals surface area contributed by atoms with Crippen molar-refractivity contribution in [2.75, 3.05) is 12.4 Å². The molecule has 0 aliphatic rings. The van der Waals surface area contributed by atoms with Gasteiger partial charge < -0.3 is 10.1 Å². The normalized spacial score (nSPS) is 11.6. The van der Waals surface area contributed by atoms with Crippen LogP contribution >= 0.6 is 15.9 Å². The van der Waals surface area contributed by atoms with E-state index in [4.69, 9.17) is 11.2 Å². The van der Waals surface area contributed by atoms with Crippen LogP contribution in [0.1, 0.15) is 6.92 Å². The summed E-state index contributed by atoms with van der Waals surface area (Å²) in [6.45, 7) is 1.92. The molecule has 1 rings (SSSR count). The highest BCUT2D eigenvalue weighted by Crippen LogP contribution is 2.24. The molecule has 0 aliphatic heterocycles. The van der Waals surface area contributed by atoms with Crippen molar-refractivity contribution in [1.82, 2.24) is 0 Å². The van der Waals surface area contributed by atoms with E-state index in [1.807, 2.05) is 25.1 Å². The molecule has 74 valence electrons. The van der Waals surface area contributed by atoms with Crippen molar-refractivity contribution in [3.05, 3.63) is 22.7 Å². The molecule has 0 spiro atoms. The van der Waals surface area contributed by atoms with Crippen molar-refractivity contribution < 1.29 is 4.74 Å². The number of methoxy groups -OCH3 is 1. The van der Waals surface area contributed by atoms with Crippen LogP contribution in [0.5, 0.6) is 5.75 Å². The Balaban J connectivity index is 2.87. The maximum absolute atomic E-state index is 5.27. The number of halogens is 1. The lowest BCUT2D eigenvalue weighted by Crippen LogP contribution is -2.11. The first kappa shape index (κ1) is 10.9. The fraction of sp³-hybridized carbons (Fsp3) is 0.273. The van der Waals surface area contributed by atoms with Crippen LogP contribution in [0, 0.1) is 12.3 Å². The number of ether oxygens (including phenoxy) is 1. The maximum atomic E-state index is 5.27. The first-order chi connectivity index (χ1) is 6.65. The Morgan fingerprint density at radius 3 is 2.79 bits per heavy atom. The molecule has 0 aromatic heterocycles. The number of terminal acetylenes is 1. The first-order valence-electron chi connectivity index (χ1n) is 4.23. The Hall–Kier alpha value is -1.14. The lowest BCUT2D eigenvalue weighted by Gasteiger charge is -2.11. The monoisotopic (exact) mass is 253 g/mol. The van der Waals surface area contributed by atoms with Gasteiger partial charge in [0.1, 0.15) is 5.75 Å². The molecule has 0 saturated carbocycles. The minimum absolute atomic E-state index is 0.00834. The number of hydrogen-bond donors (Lipinski definition) is 1. The zero-order valence-corrected chi connectivity index (χ0v) is 9.76. The van der Waals surface area contributed by atoms with E-state index in [0.29, 0.717) is 0 Å². The minimum Gasteiger partial charge on any atom is -0.497 e. The van der Waals surface area contributed by atoms with Crippen LogP contribution < -0.4 is 10.1 Å². The Morgan fingerprint density at radius 2 is 2.21 bits per heavy atom. The second kappa shape index (κ2) is 4.92. The fourth-order valence-electron chi connectivity index (χ4n) is 1.06. The third-order valence-electron chi connectivity index (χ3n) is 1.74. The number of anilines is 1. The van der Waals surface area contributed by atoms with E-state index in [1.165, 1.54) is 0 Å². The van der Waals surface area contributed by atoms with Crippen LogP contribution in [0.3, 0.4) is 0 Å². The largest absolute Gasteiger partial charge is 0.497 e. The summed E-state index contributed by atoms with van der Waals surface area (Å²) in [4.78, 5) is 0. The molecule has 1 N–H and O–H groups in total. The number of hydrogen-bond acceptors (Lipinski definition) is 2. The lowest BCUT2D eigenvalue weighted by atomic mass is 10.2. The zero-order valence-electron chi connectivity index (χ0n) is 8.17. The van der Waals surface area contributed by atoms with E-state index >= 15 is 0 Å². The van der Waals surface area contributed by atoms with Gasteiger partial charge in [-0.2, -0.15) is 0 Å². The van der Waals surface area contributed by atoms with Crippen molar-refractivity contribution in [2.24, 2.45) is 0 Å². The van der Waals surface area contributed by atoms with Gasteiger partial charge in [0.15, 0.2) is 0 Å². The molecule has 1 atom stereocenters. The molecular formula is C11H12BrNO. The van der Waals surface area contributed by atoms with Gasteiger partial charge in [-0.25, -0.2) is 0 Å². The van der Waals surface area contributed by atoms with Gasteiger partial charge in [-0.05, 0) is 19.1 Å². The summed E-state index contributed by atoms with van der Waals surface area (Å²) < 4.78 is 6.09. The summed E-state index contributed by atoms with van der Waals surface area (Å²) in [6, 6.07) is 5.76. The van der Waals surface area contributed by atoms with E-state index in [-0.39, 0.29) is 6.04 Å². The van der Waals surface area contributed by atoms with Crippen LogP contribution in [0.2, 0.25) is 0 Å². The summed E-state index contributed by atoms with van der Waals surface area (Å²) >= 11 is 3.39. The van der Waals surface area contributed by atoms with Crippen molar-refractivity contribution in [3.63, 3.8) is 0 Å². The van der Waals surface area contributed by atoms with Crippen molar-refractivity contribution in [2.45, 2.75) is 13.0 Å². The second-order valence-electron chi connectivity index (χ2n) is 2.91. The molecule has 0 fully saturated rings. The molecule has 0 saturated heterocycles. The molecule has 3 heteroatoms. The Labute approximate surface area is 92.8 Å². The SMILES string of the molecule is C#CC(C)Nc1cc(Br)cc(OC)c1. The summed E-state index contributed by atoms with van der Waals surface area (Å²) in [7, 11) is 1.64. The molecule has 0 aliphatic carbocycles. The fourth-order valence-corrected chi connectivity index (χ4v) is 1.53. The van der Waals surface area contributed by atoms with Gasteiger partial charge in [0, 0.05) is 16.2 Å². The van der Waals surface area contributed by atoms with Crippen LogP contribution in [-0.4, -0.2) is 13.2 Å². The summed E-state index contributed by atoms with van der Waals surface area (Å²) in [5, 5.41) is 3.16. The third kappa shape index (κ3) is 2.97. The average molecular weight is 254 g/mol. The summed E-state index contributed by atoms with van der Waals surface area (Å²) in [5.74, 6) is 3.40. The smallest absolute Gasteiger partial charge is 0.122 e. The molecule has 1 aromatic carbocycles. The van der Waals surface area contributed by atoms with Crippen LogP contribution in [0.4, 0.5) is 5.69 Å². The second-order valence-corrected chi connectivity index (χ2v) is 3.83. The van der Waals surface area contributed by atoms with Crippen LogP contribution in [0.25, 0.3) is 0 Å². The van der Waals surface area contributed by atoms with Gasteiger partial charge in [-0.3, -0.25) is 0 Å². The molecule has 1 aromatic rings. The molecular weight excluding hydrogens is 242 g/mol. The molecule has 14 heavy (non-hydrogen) atoms. The van der Waals surface area contributed by atoms with Crippen molar-refractivity contribution >= 4 is 21.6 Å². The van der Waals surface area contributed by atoms with Crippen molar-refractivity contribution in [3.8, 4) is 18.1 Å². The first-order valence-corrected chi connectivity index (χ1v) is 5.02. The van der Waals surface area contributed by atoms with Crippen LogP contribution in [0.15, 0.2) is 22.7 Å². The Morgan fingerprint density at radius 1 is 1.50 bits per heavy atom. The zero-order chi connectivity index (χ0) is 10.6. The van der Waals surface area contributed by atoms with Gasteiger partial charge in [-0.1, -0.05) is 21.9 Å². The number of benzene rings is 1. The number of rotatable bonds is 3. The Bertz CT molecular complexity index is 357. The highest BCUT2D eigenvalue weighted by molar-refractivity contribution is 9.10. The highest BCUT2D eigenvalue weighted by Gasteiger charge is 2.01. The van der Waals surface area contributed by atoms with E-state index in [0.717, 1.165) is 15.9 Å². The minimum atomic E-state index is 0.00834. The third-order valence-corrected chi connectivity index (χ3v) is 2.20. The van der Waals surface area contributed by atoms with Gasteiger partial charge in [0.05, 0.1) is 13.2 Å². The van der Waals surface area contributed by atoms with E-state index in [2.05, 4.69) is 27.2 Å². The molecule has 0 bridgehead atoms. The topological polar surface area (TPSA) is 21.3 Å². The van der Waals surface area contributed by atoms with E-state index in [9.17, 15) is 0 Å². The molecule has 0 amide bonds. The van der Waals surface area contributed by atoms with Gasteiger partial charge >= 0.3 is 0 Å². The molecule has 0 radical (unpaired) electrons. The van der Waals surface area contributed by atoms with Gasteiger partial charge in [0.25, 0.3) is 0 Å². The predicted octanol–water partition coefficient (Wildman–Crippen LogP) is 2.89. The van der Waals surface area contributed by atoms with Gasteiger partial charge in [0.2, 0.25) is 0 Å². The summed E-state index contributed by atoms with van der Waals surface area (Å²) in [6.07, 6.45) is 5.27. The molecule has 2 nitrogen and oxygen atoms in total. The summed E-state index contributed by atoms with van der Waals surface area (Å²) in [5.41, 5.74) is 0.946. The molecule has 1 unspecified atom stereocenters. The quantitative estimate of drug-likeness (QED) is 0.837. The molecule has 0 heterocycles. The van der Waals surface area contributed by atoms with Gasteiger partial charge in [-0.15, -0.1) is 6.42 Å². The lowest BCUT2D eigenvalue weighted by molar-refractivity contribution is 0.414. The van der Waals surface area contributed by atoms with Crippen LogP contribution in [-0.2, 0) is 0 Å². The predicted molar refractivity (Wildman–Crippen MR) is 62.6 cm³/mol. The number of nitrogens with one attached hydrogen (secondary N) is 1. The average Bonchev–Trinajstić information content (AvgIpc) is 2.16. The van der Waals surface area contributed by atoms with E-state index in [1.54, 1.807) is 7.11 Å². The van der Waals surface area contributed by atoms with Crippen molar-refractivity contribution in [1.29, 1.82) is 0 Å². The highest BCUT2D eigenvalue weighted by atomic mass is 79.9. The standard InChI is InChI=1S/C11H12BrNO/c1-4-8(2)13-10-5-9(12)6-11(7-10)14-3/h1,5-8,13H,2-3H3. The van der Waals surface area contributed by atoms with E-state index < -0.39 is 0 Å². The maximum Gasteiger partial charge on any atom is 0.122 e.